The molecule has 4 aliphatic rings. The van der Waals surface area contributed by atoms with Gasteiger partial charge in [-0.25, -0.2) is 13.8 Å². The summed E-state index contributed by atoms with van der Waals surface area (Å²) in [6, 6.07) is 8.47. The summed E-state index contributed by atoms with van der Waals surface area (Å²) in [6.07, 6.45) is 8.25. The van der Waals surface area contributed by atoms with Crippen LogP contribution < -0.4 is 0 Å². The molecule has 1 aromatic carbocycles. The van der Waals surface area contributed by atoms with E-state index in [0.29, 0.717) is 36.9 Å². The number of hydrogen-bond donors (Lipinski definition) is 1. The summed E-state index contributed by atoms with van der Waals surface area (Å²) in [6.45, 7) is 3.57. The number of carbonyl (C=O) groups is 1. The van der Waals surface area contributed by atoms with Crippen molar-refractivity contribution in [3.8, 4) is 11.8 Å². The van der Waals surface area contributed by atoms with Crippen LogP contribution in [0.2, 0.25) is 0 Å². The van der Waals surface area contributed by atoms with Crippen LogP contribution in [0.4, 0.5) is 8.78 Å². The van der Waals surface area contributed by atoms with Crippen LogP contribution in [0.1, 0.15) is 74.6 Å². The average Bonchev–Trinajstić information content (AvgIpc) is 3.16. The first-order valence-corrected chi connectivity index (χ1v) is 13.3. The smallest absolute Gasteiger partial charge is 0.156 e. The first-order valence-electron chi connectivity index (χ1n) is 13.3. The fourth-order valence-corrected chi connectivity index (χ4v) is 7.64. The lowest BCUT2D eigenvalue weighted by atomic mass is 9.51. The highest BCUT2D eigenvalue weighted by molar-refractivity contribution is 5.93. The average molecular weight is 500 g/mol. The van der Waals surface area contributed by atoms with Crippen molar-refractivity contribution in [3.63, 3.8) is 0 Å². The molecule has 37 heavy (non-hydrogen) atoms. The molecule has 1 N–H and O–H groups in total. The predicted molar refractivity (Wildman–Crippen MR) is 137 cm³/mol. The zero-order valence-corrected chi connectivity index (χ0v) is 21.3. The molecule has 1 heterocycles. The van der Waals surface area contributed by atoms with Crippen molar-refractivity contribution in [1.82, 2.24) is 4.98 Å². The highest BCUT2D eigenvalue weighted by atomic mass is 19.1. The van der Waals surface area contributed by atoms with Crippen molar-refractivity contribution >= 4 is 5.78 Å². The molecule has 2 fully saturated rings. The van der Waals surface area contributed by atoms with Gasteiger partial charge in [-0.2, -0.15) is 0 Å². The minimum atomic E-state index is -1.23. The number of nitrogens with zero attached hydrogens (tertiary/aromatic N) is 1. The summed E-state index contributed by atoms with van der Waals surface area (Å²) >= 11 is 0. The van der Waals surface area contributed by atoms with Gasteiger partial charge in [0.15, 0.2) is 5.78 Å². The normalized spacial score (nSPS) is 32.6. The maximum atomic E-state index is 14.8. The van der Waals surface area contributed by atoms with Crippen molar-refractivity contribution < 1.29 is 18.7 Å². The minimum Gasteiger partial charge on any atom is -0.377 e. The van der Waals surface area contributed by atoms with E-state index in [-0.39, 0.29) is 29.1 Å². The number of fused-ring (bicyclic) bond motifs is 4. The lowest BCUT2D eigenvalue weighted by Crippen LogP contribution is -2.51. The van der Waals surface area contributed by atoms with E-state index >= 15 is 0 Å². The van der Waals surface area contributed by atoms with Crippen LogP contribution in [0.15, 0.2) is 59.3 Å². The lowest BCUT2D eigenvalue weighted by Gasteiger charge is -2.53. The zero-order valence-electron chi connectivity index (χ0n) is 21.3. The molecule has 2 saturated carbocycles. The van der Waals surface area contributed by atoms with Crippen molar-refractivity contribution in [2.45, 2.75) is 70.3 Å². The number of aromatic nitrogens is 1. The Bertz CT molecular complexity index is 1390. The van der Waals surface area contributed by atoms with E-state index < -0.39 is 22.7 Å². The molecule has 6 rings (SSSR count). The van der Waals surface area contributed by atoms with Crippen molar-refractivity contribution in [1.29, 1.82) is 0 Å². The highest BCUT2D eigenvalue weighted by Gasteiger charge is 2.62. The number of rotatable bonds is 1. The minimum absolute atomic E-state index is 0.0175. The molecule has 0 saturated heterocycles. The molecule has 0 unspecified atom stereocenters. The first-order chi connectivity index (χ1) is 17.7. The Morgan fingerprint density at radius 1 is 1.11 bits per heavy atom. The molecule has 0 bridgehead atoms. The van der Waals surface area contributed by atoms with Gasteiger partial charge in [0.1, 0.15) is 22.9 Å². The molecule has 2 aromatic rings. The number of aliphatic hydroxyl groups is 1. The van der Waals surface area contributed by atoms with E-state index in [1.807, 2.05) is 18.2 Å². The SMILES string of the molecule is Cc1c(F)cc([C@H]2C[C@@]3(C)[C@@H](CC[C@@]3(O)C#Cc3ccccn3)[C@@H]3CCC4=CC(=O)CCC4=C32)cc1F. The molecule has 0 amide bonds. The van der Waals surface area contributed by atoms with Crippen LogP contribution in [0.3, 0.4) is 0 Å². The number of allylic oxidation sites excluding steroid dienone is 4. The van der Waals surface area contributed by atoms with E-state index in [0.717, 1.165) is 24.8 Å². The number of hydrogen-bond acceptors (Lipinski definition) is 3. The molecule has 5 atom stereocenters. The van der Waals surface area contributed by atoms with Gasteiger partial charge < -0.3 is 5.11 Å². The van der Waals surface area contributed by atoms with Gasteiger partial charge in [-0.3, -0.25) is 4.79 Å². The van der Waals surface area contributed by atoms with Crippen molar-refractivity contribution in [3.05, 3.63) is 87.8 Å². The Morgan fingerprint density at radius 3 is 2.62 bits per heavy atom. The molecule has 190 valence electrons. The Morgan fingerprint density at radius 2 is 1.89 bits per heavy atom. The second-order valence-electron chi connectivity index (χ2n) is 11.5. The van der Waals surface area contributed by atoms with Gasteiger partial charge in [0, 0.05) is 29.5 Å². The number of halogens is 2. The molecule has 3 nitrogen and oxygen atoms in total. The zero-order chi connectivity index (χ0) is 25.9. The first kappa shape index (κ1) is 24.2. The number of carbonyl (C=O) groups excluding carboxylic acids is 1. The number of ketones is 1. The summed E-state index contributed by atoms with van der Waals surface area (Å²) in [5, 5.41) is 12.1. The highest BCUT2D eigenvalue weighted by Crippen LogP contribution is 2.66. The van der Waals surface area contributed by atoms with Crippen LogP contribution in [-0.2, 0) is 4.79 Å². The van der Waals surface area contributed by atoms with Crippen molar-refractivity contribution in [2.24, 2.45) is 17.3 Å². The van der Waals surface area contributed by atoms with E-state index in [1.165, 1.54) is 30.2 Å². The number of pyridine rings is 1. The molecule has 0 aliphatic heterocycles. The molecular formula is C32H31F2NO2. The topological polar surface area (TPSA) is 50.2 Å². The van der Waals surface area contributed by atoms with Crippen LogP contribution in [-0.4, -0.2) is 21.5 Å². The summed E-state index contributed by atoms with van der Waals surface area (Å²) < 4.78 is 29.7. The third-order valence-corrected chi connectivity index (χ3v) is 9.65. The van der Waals surface area contributed by atoms with Gasteiger partial charge in [0.05, 0.1) is 0 Å². The summed E-state index contributed by atoms with van der Waals surface area (Å²) in [5.74, 6) is 5.49. The third kappa shape index (κ3) is 3.80. The third-order valence-electron chi connectivity index (χ3n) is 9.65. The van der Waals surface area contributed by atoms with Gasteiger partial charge >= 0.3 is 0 Å². The van der Waals surface area contributed by atoms with Gasteiger partial charge in [0.25, 0.3) is 0 Å². The lowest BCUT2D eigenvalue weighted by molar-refractivity contribution is -0.114. The standard InChI is InChI=1S/C32H31F2NO2/c1-19-28(33)16-21(17-29(19)34)26-18-31(2)27(11-13-32(31,37)12-10-22-5-3-4-14-35-22)25-8-6-20-15-23(36)7-9-24(20)30(25)26/h3-5,14-17,25-27,37H,6-9,11,13,18H2,1-2H3/t25-,26+,27-,31-,32-/m0/s1. The molecule has 0 spiro atoms. The van der Waals surface area contributed by atoms with E-state index in [2.05, 4.69) is 23.7 Å². The fourth-order valence-electron chi connectivity index (χ4n) is 7.64. The van der Waals surface area contributed by atoms with Gasteiger partial charge in [-0.1, -0.05) is 24.5 Å². The quantitative estimate of drug-likeness (QED) is 0.465. The Balaban J connectivity index is 1.50. The van der Waals surface area contributed by atoms with Crippen LogP contribution in [0.25, 0.3) is 0 Å². The monoisotopic (exact) mass is 499 g/mol. The fraction of sp³-hybridized carbons (Fsp3) is 0.438. The summed E-state index contributed by atoms with van der Waals surface area (Å²) in [5.41, 5.74) is 2.98. The van der Waals surface area contributed by atoms with Gasteiger partial charge in [-0.15, -0.1) is 0 Å². The van der Waals surface area contributed by atoms with Gasteiger partial charge in [0.2, 0.25) is 0 Å². The second kappa shape index (κ2) is 8.74. The van der Waals surface area contributed by atoms with E-state index in [9.17, 15) is 18.7 Å². The van der Waals surface area contributed by atoms with Crippen LogP contribution >= 0.6 is 0 Å². The van der Waals surface area contributed by atoms with Gasteiger partial charge in [-0.05, 0) is 110 Å². The largest absolute Gasteiger partial charge is 0.377 e. The number of benzene rings is 1. The summed E-state index contributed by atoms with van der Waals surface area (Å²) in [4.78, 5) is 16.5. The Labute approximate surface area is 216 Å². The maximum Gasteiger partial charge on any atom is 0.156 e. The Hall–Kier alpha value is -3.10. The van der Waals surface area contributed by atoms with Crippen molar-refractivity contribution in [2.75, 3.05) is 0 Å². The molecule has 4 aliphatic carbocycles. The predicted octanol–water partition coefficient (Wildman–Crippen LogP) is 6.35. The van der Waals surface area contributed by atoms with E-state index in [4.69, 9.17) is 0 Å². The summed E-state index contributed by atoms with van der Waals surface area (Å²) in [7, 11) is 0. The van der Waals surface area contributed by atoms with Crippen LogP contribution in [0.5, 0.6) is 0 Å². The Kier molecular flexibility index (Phi) is 5.73. The van der Waals surface area contributed by atoms with E-state index in [1.54, 1.807) is 12.3 Å². The second-order valence-corrected chi connectivity index (χ2v) is 11.5. The molecular weight excluding hydrogens is 468 g/mol. The molecule has 5 heteroatoms. The maximum absolute atomic E-state index is 14.8. The molecule has 0 radical (unpaired) electrons. The molecule has 1 aromatic heterocycles. The van der Waals surface area contributed by atoms with Crippen LogP contribution in [0, 0.1) is 47.6 Å².